The van der Waals surface area contributed by atoms with Gasteiger partial charge in [0.2, 0.25) is 0 Å². The van der Waals surface area contributed by atoms with Gasteiger partial charge >= 0.3 is 0 Å². The maximum absolute atomic E-state index is 5.03. The number of aromatic nitrogens is 6. The van der Waals surface area contributed by atoms with E-state index >= 15 is 0 Å². The topological polar surface area (TPSA) is 53.5 Å². The summed E-state index contributed by atoms with van der Waals surface area (Å²) < 4.78 is 7.37. The molecule has 0 aliphatic carbocycles. The van der Waals surface area contributed by atoms with Crippen molar-refractivity contribution in [3.63, 3.8) is 0 Å². The minimum atomic E-state index is 0.625. The highest BCUT2D eigenvalue weighted by atomic mass is 15.1. The van der Waals surface area contributed by atoms with Crippen molar-refractivity contribution >= 4 is 65.4 Å². The van der Waals surface area contributed by atoms with E-state index in [-0.39, 0.29) is 0 Å². The average Bonchev–Trinajstić information content (AvgIpc) is 4.24. The van der Waals surface area contributed by atoms with Gasteiger partial charge in [-0.2, -0.15) is 0 Å². The van der Waals surface area contributed by atoms with Gasteiger partial charge in [0.05, 0.1) is 33.1 Å². The molecule has 0 spiro atoms. The largest absolute Gasteiger partial charge is 0.309 e. The molecule has 0 fully saturated rings. The lowest BCUT2D eigenvalue weighted by atomic mass is 10.0. The molecule has 6 nitrogen and oxygen atoms in total. The molecular weight excluding hydrogens is 913 g/mol. The molecule has 0 saturated heterocycles. The van der Waals surface area contributed by atoms with Crippen LogP contribution < -0.4 is 0 Å². The lowest BCUT2D eigenvalue weighted by molar-refractivity contribution is 1.07. The highest BCUT2D eigenvalue weighted by Gasteiger charge is 2.24. The molecule has 0 bridgehead atoms. The van der Waals surface area contributed by atoms with Crippen LogP contribution in [0.5, 0.6) is 0 Å². The Labute approximate surface area is 432 Å². The van der Waals surface area contributed by atoms with E-state index in [1.54, 1.807) is 0 Å². The van der Waals surface area contributed by atoms with Crippen molar-refractivity contribution in [1.29, 1.82) is 0 Å². The summed E-state index contributed by atoms with van der Waals surface area (Å²) in [6, 6.07) is 95.5. The molecule has 0 N–H and O–H groups in total. The van der Waals surface area contributed by atoms with Gasteiger partial charge in [-0.1, -0.05) is 182 Å². The van der Waals surface area contributed by atoms with Crippen LogP contribution in [0.2, 0.25) is 0 Å². The monoisotopic (exact) mass is 956 g/mol. The smallest absolute Gasteiger partial charge is 0.164 e. The highest BCUT2D eigenvalue weighted by molar-refractivity contribution is 6.24. The normalized spacial score (nSPS) is 11.7. The summed E-state index contributed by atoms with van der Waals surface area (Å²) in [5.74, 6) is 1.90. The van der Waals surface area contributed by atoms with Crippen LogP contribution in [0.25, 0.3) is 139 Å². The van der Waals surface area contributed by atoms with Gasteiger partial charge in [0.25, 0.3) is 0 Å². The summed E-state index contributed by atoms with van der Waals surface area (Å²) in [4.78, 5) is 15.0. The molecule has 15 rings (SSSR count). The Kier molecular flexibility index (Phi) is 9.78. The number of hydrogen-bond donors (Lipinski definition) is 0. The Morgan fingerprint density at radius 3 is 1.07 bits per heavy atom. The predicted molar refractivity (Wildman–Crippen MR) is 310 cm³/mol. The van der Waals surface area contributed by atoms with E-state index in [1.165, 1.54) is 65.6 Å². The van der Waals surface area contributed by atoms with Crippen LogP contribution in [0, 0.1) is 0 Å². The minimum Gasteiger partial charge on any atom is -0.309 e. The first-order valence-electron chi connectivity index (χ1n) is 25.4. The number of hydrogen-bond acceptors (Lipinski definition) is 3. The molecular formula is C69H44N6. The number of rotatable bonds is 8. The zero-order valence-corrected chi connectivity index (χ0v) is 40.6. The Morgan fingerprint density at radius 1 is 0.200 bits per heavy atom. The minimum absolute atomic E-state index is 0.625. The second-order valence-electron chi connectivity index (χ2n) is 19.2. The Morgan fingerprint density at radius 2 is 0.547 bits per heavy atom. The molecule has 350 valence electrons. The number of para-hydroxylation sites is 2. The quantitative estimate of drug-likeness (QED) is 0.152. The summed E-state index contributed by atoms with van der Waals surface area (Å²) in [5.41, 5.74) is 17.7. The van der Waals surface area contributed by atoms with Gasteiger partial charge in [-0.25, -0.2) is 15.0 Å². The summed E-state index contributed by atoms with van der Waals surface area (Å²) in [7, 11) is 0. The van der Waals surface area contributed by atoms with Crippen molar-refractivity contribution in [2.75, 3.05) is 0 Å². The molecule has 0 amide bonds. The second kappa shape index (κ2) is 17.3. The van der Waals surface area contributed by atoms with E-state index in [2.05, 4.69) is 220 Å². The Bertz CT molecular complexity index is 4600. The van der Waals surface area contributed by atoms with Gasteiger partial charge in [0, 0.05) is 66.1 Å². The molecule has 0 unspecified atom stereocenters. The fraction of sp³-hybridized carbons (Fsp3) is 0. The van der Waals surface area contributed by atoms with Gasteiger partial charge < -0.3 is 13.7 Å². The number of benzene rings is 11. The maximum Gasteiger partial charge on any atom is 0.164 e. The standard InChI is InChI=1S/C69H44N6/c1-6-18-45(19-7-1)50-32-39-63-58(42-50)56-37-38-57-59-43-51(46-20-8-2-9-21-46)33-40-64(59)75(66(57)65(56)74(63)52-26-14-5-15-27-52)54-36-41-62-60(44-54)55-28-16-17-29-61(55)73(62)53-34-30-49(31-35-53)69-71-67(47-22-10-3-11-23-47)70-68(72-69)48-24-12-4-13-25-48/h1-44H. The van der Waals surface area contributed by atoms with Crippen LogP contribution in [0.1, 0.15) is 0 Å². The Balaban J connectivity index is 0.943. The van der Waals surface area contributed by atoms with Crippen LogP contribution in [-0.4, -0.2) is 28.7 Å². The van der Waals surface area contributed by atoms with Gasteiger partial charge in [0.1, 0.15) is 0 Å². The maximum atomic E-state index is 5.03. The number of nitrogens with zero attached hydrogens (tertiary/aromatic N) is 6. The van der Waals surface area contributed by atoms with E-state index in [0.29, 0.717) is 17.5 Å². The van der Waals surface area contributed by atoms with Crippen LogP contribution >= 0.6 is 0 Å². The SMILES string of the molecule is c1ccc(-c2ccc3c(c2)c2ccc4c5cc(-c6ccccc6)ccc5n(-c5ccc6c(c5)c5ccccc5n6-c5ccc(-c6nc(-c7ccccc7)nc(-c7ccccc7)n6)cc5)c4c2n3-c2ccccc2)cc1. The third kappa shape index (κ3) is 6.99. The molecule has 4 aromatic heterocycles. The molecule has 11 aromatic carbocycles. The van der Waals surface area contributed by atoms with Crippen molar-refractivity contribution in [3.05, 3.63) is 267 Å². The average molecular weight is 957 g/mol. The molecule has 0 saturated carbocycles. The van der Waals surface area contributed by atoms with Crippen LogP contribution in [0.4, 0.5) is 0 Å². The molecule has 0 atom stereocenters. The zero-order chi connectivity index (χ0) is 49.4. The molecule has 0 aliphatic rings. The summed E-state index contributed by atoms with van der Waals surface area (Å²) in [6.07, 6.45) is 0. The van der Waals surface area contributed by atoms with E-state index < -0.39 is 0 Å². The first-order chi connectivity index (χ1) is 37.2. The van der Waals surface area contributed by atoms with E-state index in [9.17, 15) is 0 Å². The molecule has 0 aliphatic heterocycles. The van der Waals surface area contributed by atoms with Gasteiger partial charge in [-0.05, 0) is 107 Å². The van der Waals surface area contributed by atoms with Crippen LogP contribution in [0.15, 0.2) is 267 Å². The molecule has 4 heterocycles. The molecule has 15 aromatic rings. The Hall–Kier alpha value is -10.2. The van der Waals surface area contributed by atoms with Crippen molar-refractivity contribution in [1.82, 2.24) is 28.7 Å². The predicted octanol–water partition coefficient (Wildman–Crippen LogP) is 17.5. The lowest BCUT2D eigenvalue weighted by Gasteiger charge is -2.13. The second-order valence-corrected chi connectivity index (χ2v) is 19.2. The summed E-state index contributed by atoms with van der Waals surface area (Å²) in [5, 5.41) is 7.18. The van der Waals surface area contributed by atoms with Crippen molar-refractivity contribution in [2.24, 2.45) is 0 Å². The molecule has 6 heteroatoms. The first-order valence-corrected chi connectivity index (χ1v) is 25.4. The summed E-state index contributed by atoms with van der Waals surface area (Å²) >= 11 is 0. The third-order valence-corrected chi connectivity index (χ3v) is 14.9. The van der Waals surface area contributed by atoms with E-state index in [4.69, 9.17) is 15.0 Å². The van der Waals surface area contributed by atoms with Crippen molar-refractivity contribution in [2.45, 2.75) is 0 Å². The zero-order valence-electron chi connectivity index (χ0n) is 40.6. The molecule has 75 heavy (non-hydrogen) atoms. The van der Waals surface area contributed by atoms with Gasteiger partial charge in [0.15, 0.2) is 17.5 Å². The van der Waals surface area contributed by atoms with Crippen molar-refractivity contribution in [3.8, 4) is 73.5 Å². The van der Waals surface area contributed by atoms with Gasteiger partial charge in [-0.3, -0.25) is 0 Å². The fourth-order valence-electron chi connectivity index (χ4n) is 11.4. The third-order valence-electron chi connectivity index (χ3n) is 14.9. The summed E-state index contributed by atoms with van der Waals surface area (Å²) in [6.45, 7) is 0. The van der Waals surface area contributed by atoms with E-state index in [0.717, 1.165) is 55.8 Å². The highest BCUT2D eigenvalue weighted by Crippen LogP contribution is 2.45. The molecule has 0 radical (unpaired) electrons. The number of fused-ring (bicyclic) bond motifs is 10. The van der Waals surface area contributed by atoms with Crippen LogP contribution in [0.3, 0.4) is 0 Å². The first kappa shape index (κ1) is 42.5. The van der Waals surface area contributed by atoms with Gasteiger partial charge in [-0.15, -0.1) is 0 Å². The van der Waals surface area contributed by atoms with E-state index in [1.807, 2.05) is 60.7 Å². The fourth-order valence-corrected chi connectivity index (χ4v) is 11.4. The van der Waals surface area contributed by atoms with Crippen LogP contribution in [-0.2, 0) is 0 Å². The lowest BCUT2D eigenvalue weighted by Crippen LogP contribution is -2.00. The van der Waals surface area contributed by atoms with Crippen molar-refractivity contribution < 1.29 is 0 Å².